The van der Waals surface area contributed by atoms with Crippen molar-refractivity contribution in [2.45, 2.75) is 31.8 Å². The van der Waals surface area contributed by atoms with Crippen molar-refractivity contribution in [2.24, 2.45) is 0 Å². The van der Waals surface area contributed by atoms with Crippen LogP contribution < -0.4 is 5.32 Å². The van der Waals surface area contributed by atoms with E-state index in [4.69, 9.17) is 9.47 Å². The lowest BCUT2D eigenvalue weighted by Gasteiger charge is -2.30. The van der Waals surface area contributed by atoms with Gasteiger partial charge in [-0.15, -0.1) is 0 Å². The van der Waals surface area contributed by atoms with E-state index < -0.39 is 0 Å². The van der Waals surface area contributed by atoms with E-state index in [1.807, 2.05) is 0 Å². The van der Waals surface area contributed by atoms with Crippen LogP contribution in [-0.4, -0.2) is 64.1 Å². The first kappa shape index (κ1) is 13.9. The maximum absolute atomic E-state index is 5.23. The van der Waals surface area contributed by atoms with Gasteiger partial charge in [0.25, 0.3) is 0 Å². The van der Waals surface area contributed by atoms with Gasteiger partial charge in [-0.3, -0.25) is 4.90 Å². The van der Waals surface area contributed by atoms with Crippen LogP contribution in [0.1, 0.15) is 19.8 Å². The molecule has 2 atom stereocenters. The zero-order valence-corrected chi connectivity index (χ0v) is 10.9. The van der Waals surface area contributed by atoms with Crippen LogP contribution >= 0.6 is 0 Å². The fourth-order valence-electron chi connectivity index (χ4n) is 2.24. The van der Waals surface area contributed by atoms with Crippen molar-refractivity contribution in [2.75, 3.05) is 47.1 Å². The fraction of sp³-hybridized carbons (Fsp3) is 1.00. The summed E-state index contributed by atoms with van der Waals surface area (Å²) in [4.78, 5) is 2.45. The highest BCUT2D eigenvalue weighted by atomic mass is 16.5. The lowest BCUT2D eigenvalue weighted by molar-refractivity contribution is 0.0701. The summed E-state index contributed by atoms with van der Waals surface area (Å²) in [6.07, 6.45) is 2.60. The molecule has 0 aromatic heterocycles. The molecule has 1 heterocycles. The largest absolute Gasteiger partial charge is 0.383 e. The molecule has 0 aromatic carbocycles. The maximum Gasteiger partial charge on any atom is 0.0615 e. The van der Waals surface area contributed by atoms with E-state index in [2.05, 4.69) is 17.1 Å². The van der Waals surface area contributed by atoms with Gasteiger partial charge in [-0.05, 0) is 26.3 Å². The van der Waals surface area contributed by atoms with Gasteiger partial charge in [0.1, 0.15) is 0 Å². The first-order valence-electron chi connectivity index (χ1n) is 6.23. The highest BCUT2D eigenvalue weighted by Gasteiger charge is 2.20. The summed E-state index contributed by atoms with van der Waals surface area (Å²) in [5.41, 5.74) is 0. The first-order chi connectivity index (χ1) is 7.77. The highest BCUT2D eigenvalue weighted by molar-refractivity contribution is 4.80. The number of methoxy groups -OCH3 is 2. The molecule has 0 aromatic rings. The van der Waals surface area contributed by atoms with Gasteiger partial charge in [0.15, 0.2) is 0 Å². The molecule has 96 valence electrons. The summed E-state index contributed by atoms with van der Waals surface area (Å²) >= 11 is 0. The first-order valence-corrected chi connectivity index (χ1v) is 6.23. The predicted molar refractivity (Wildman–Crippen MR) is 65.8 cm³/mol. The fourth-order valence-corrected chi connectivity index (χ4v) is 2.24. The summed E-state index contributed by atoms with van der Waals surface area (Å²) in [7, 11) is 3.52. The SMILES string of the molecule is COCCN(C[C@@H]1CCCN1)C(C)COC. The second-order valence-corrected chi connectivity index (χ2v) is 4.59. The van der Waals surface area contributed by atoms with Crippen molar-refractivity contribution in [3.05, 3.63) is 0 Å². The number of hydrogen-bond acceptors (Lipinski definition) is 4. The van der Waals surface area contributed by atoms with Gasteiger partial charge in [-0.1, -0.05) is 0 Å². The average Bonchev–Trinajstić information content (AvgIpc) is 2.77. The van der Waals surface area contributed by atoms with Crippen molar-refractivity contribution in [3.8, 4) is 0 Å². The zero-order chi connectivity index (χ0) is 11.8. The third-order valence-corrected chi connectivity index (χ3v) is 3.23. The quantitative estimate of drug-likeness (QED) is 0.666. The normalized spacial score (nSPS) is 22.9. The van der Waals surface area contributed by atoms with E-state index in [-0.39, 0.29) is 0 Å². The molecule has 4 heteroatoms. The number of hydrogen-bond donors (Lipinski definition) is 1. The van der Waals surface area contributed by atoms with E-state index in [1.165, 1.54) is 19.4 Å². The average molecular weight is 230 g/mol. The smallest absolute Gasteiger partial charge is 0.0615 e. The van der Waals surface area contributed by atoms with Crippen molar-refractivity contribution in [1.82, 2.24) is 10.2 Å². The Morgan fingerprint density at radius 3 is 2.75 bits per heavy atom. The van der Waals surface area contributed by atoms with E-state index >= 15 is 0 Å². The number of nitrogens with zero attached hydrogens (tertiary/aromatic N) is 1. The lowest BCUT2D eigenvalue weighted by atomic mass is 10.2. The Kier molecular flexibility index (Phi) is 6.96. The summed E-state index contributed by atoms with van der Waals surface area (Å²) < 4.78 is 10.4. The van der Waals surface area contributed by atoms with Crippen LogP contribution in [-0.2, 0) is 9.47 Å². The monoisotopic (exact) mass is 230 g/mol. The Morgan fingerprint density at radius 1 is 1.38 bits per heavy atom. The van der Waals surface area contributed by atoms with Crippen molar-refractivity contribution in [3.63, 3.8) is 0 Å². The van der Waals surface area contributed by atoms with E-state index in [0.29, 0.717) is 12.1 Å². The minimum Gasteiger partial charge on any atom is -0.383 e. The maximum atomic E-state index is 5.23. The Balaban J connectivity index is 2.34. The molecule has 0 saturated carbocycles. The van der Waals surface area contributed by atoms with Crippen LogP contribution in [0.25, 0.3) is 0 Å². The van der Waals surface area contributed by atoms with Gasteiger partial charge in [0, 0.05) is 39.4 Å². The molecule has 0 aliphatic carbocycles. The molecular formula is C12H26N2O2. The standard InChI is InChI=1S/C12H26N2O2/c1-11(10-16-3)14(7-8-15-2)9-12-5-4-6-13-12/h11-13H,4-10H2,1-3H3/t11?,12-/m0/s1. The van der Waals surface area contributed by atoms with E-state index in [0.717, 1.165) is 26.3 Å². The van der Waals surface area contributed by atoms with E-state index in [9.17, 15) is 0 Å². The molecule has 1 N–H and O–H groups in total. The Bertz CT molecular complexity index is 172. The molecule has 4 nitrogen and oxygen atoms in total. The summed E-state index contributed by atoms with van der Waals surface area (Å²) in [6, 6.07) is 1.11. The third kappa shape index (κ3) is 4.78. The number of ether oxygens (including phenoxy) is 2. The van der Waals surface area contributed by atoms with Gasteiger partial charge < -0.3 is 14.8 Å². The minimum atomic E-state index is 0.461. The van der Waals surface area contributed by atoms with Crippen LogP contribution in [0.2, 0.25) is 0 Å². The van der Waals surface area contributed by atoms with Crippen molar-refractivity contribution < 1.29 is 9.47 Å². The molecule has 16 heavy (non-hydrogen) atoms. The molecule has 1 unspecified atom stereocenters. The lowest BCUT2D eigenvalue weighted by Crippen LogP contribution is -2.45. The predicted octanol–water partition coefficient (Wildman–Crippen LogP) is 0.722. The van der Waals surface area contributed by atoms with Gasteiger partial charge >= 0.3 is 0 Å². The van der Waals surface area contributed by atoms with Crippen LogP contribution in [0.15, 0.2) is 0 Å². The van der Waals surface area contributed by atoms with Gasteiger partial charge in [0.2, 0.25) is 0 Å². The summed E-state index contributed by atoms with van der Waals surface area (Å²) in [5.74, 6) is 0. The van der Waals surface area contributed by atoms with Crippen LogP contribution in [0.5, 0.6) is 0 Å². The summed E-state index contributed by atoms with van der Waals surface area (Å²) in [6.45, 7) is 7.06. The molecule has 1 aliphatic rings. The van der Waals surface area contributed by atoms with Crippen molar-refractivity contribution in [1.29, 1.82) is 0 Å². The topological polar surface area (TPSA) is 33.7 Å². The van der Waals surface area contributed by atoms with Gasteiger partial charge in [-0.2, -0.15) is 0 Å². The molecule has 0 amide bonds. The number of rotatable bonds is 8. The Hall–Kier alpha value is -0.160. The molecule has 1 fully saturated rings. The number of nitrogens with one attached hydrogen (secondary N) is 1. The van der Waals surface area contributed by atoms with Crippen LogP contribution in [0.3, 0.4) is 0 Å². The molecule has 1 saturated heterocycles. The van der Waals surface area contributed by atoms with Gasteiger partial charge in [0.05, 0.1) is 13.2 Å². The molecule has 0 radical (unpaired) electrons. The van der Waals surface area contributed by atoms with Gasteiger partial charge in [-0.25, -0.2) is 0 Å². The summed E-state index contributed by atoms with van der Waals surface area (Å²) in [5, 5.41) is 3.54. The van der Waals surface area contributed by atoms with Crippen LogP contribution in [0, 0.1) is 0 Å². The minimum absolute atomic E-state index is 0.461. The second kappa shape index (κ2) is 8.01. The van der Waals surface area contributed by atoms with Crippen molar-refractivity contribution >= 4 is 0 Å². The van der Waals surface area contributed by atoms with E-state index in [1.54, 1.807) is 14.2 Å². The molecule has 0 bridgehead atoms. The molecule has 1 rings (SSSR count). The molecular weight excluding hydrogens is 204 g/mol. The van der Waals surface area contributed by atoms with Crippen LogP contribution in [0.4, 0.5) is 0 Å². The third-order valence-electron chi connectivity index (χ3n) is 3.23. The second-order valence-electron chi connectivity index (χ2n) is 4.59. The Labute approximate surface area is 99.3 Å². The zero-order valence-electron chi connectivity index (χ0n) is 10.9. The molecule has 1 aliphatic heterocycles. The molecule has 0 spiro atoms. The Morgan fingerprint density at radius 2 is 2.19 bits per heavy atom. The highest BCUT2D eigenvalue weighted by Crippen LogP contribution is 2.09.